The largest absolute Gasteiger partial charge is 1.00 e. The standard InChI is InChI=1S/C25H38BrNO4.BrH/c1-25(2)20-5-4-18(21(25)15-20)6-10-30-11-7-27(8-12-31-13-9-27)17-19-14-23(28)24(29-3)16-22(19)26;/h14,16,18,20-21H,4-13,15,17H2,1-3H3;1H. The van der Waals surface area contributed by atoms with Gasteiger partial charge in [0.15, 0.2) is 11.5 Å². The molecule has 3 atom stereocenters. The number of aromatic hydroxyl groups is 1. The zero-order valence-corrected chi connectivity index (χ0v) is 22.9. The van der Waals surface area contributed by atoms with Crippen LogP contribution in [0.3, 0.4) is 0 Å². The fourth-order valence-electron chi connectivity index (χ4n) is 6.33. The molecule has 3 unspecified atom stereocenters. The van der Waals surface area contributed by atoms with Gasteiger partial charge in [-0.15, -0.1) is 0 Å². The van der Waals surface area contributed by atoms with E-state index in [1.807, 2.05) is 12.1 Å². The van der Waals surface area contributed by atoms with E-state index in [0.29, 0.717) is 11.2 Å². The Hall–Kier alpha value is -0.340. The van der Waals surface area contributed by atoms with Crippen LogP contribution in [0, 0.1) is 23.2 Å². The highest BCUT2D eigenvalue weighted by Crippen LogP contribution is 2.61. The van der Waals surface area contributed by atoms with Crippen molar-refractivity contribution in [1.29, 1.82) is 0 Å². The van der Waals surface area contributed by atoms with Gasteiger partial charge in [-0.3, -0.25) is 0 Å². The van der Waals surface area contributed by atoms with Gasteiger partial charge < -0.3 is 40.8 Å². The summed E-state index contributed by atoms with van der Waals surface area (Å²) in [7, 11) is 1.58. The second-order valence-electron chi connectivity index (χ2n) is 10.5. The van der Waals surface area contributed by atoms with Crippen LogP contribution in [0.1, 0.15) is 45.1 Å². The van der Waals surface area contributed by atoms with Crippen molar-refractivity contribution in [2.75, 3.05) is 53.2 Å². The summed E-state index contributed by atoms with van der Waals surface area (Å²) in [6, 6.07) is 3.69. The van der Waals surface area contributed by atoms with Gasteiger partial charge in [0.2, 0.25) is 0 Å². The van der Waals surface area contributed by atoms with E-state index in [-0.39, 0.29) is 22.7 Å². The Kier molecular flexibility index (Phi) is 8.98. The Morgan fingerprint density at radius 2 is 1.94 bits per heavy atom. The number of fused-ring (bicyclic) bond motifs is 2. The Morgan fingerprint density at radius 1 is 1.19 bits per heavy atom. The number of benzene rings is 1. The number of quaternary nitrogens is 1. The predicted molar refractivity (Wildman–Crippen MR) is 125 cm³/mol. The Morgan fingerprint density at radius 3 is 2.59 bits per heavy atom. The summed E-state index contributed by atoms with van der Waals surface area (Å²) in [5.41, 5.74) is 1.66. The molecule has 2 bridgehead atoms. The second kappa shape index (κ2) is 10.9. The fourth-order valence-corrected chi connectivity index (χ4v) is 6.77. The van der Waals surface area contributed by atoms with Gasteiger partial charge in [-0.1, -0.05) is 29.8 Å². The van der Waals surface area contributed by atoms with E-state index in [0.717, 1.165) is 84.9 Å². The van der Waals surface area contributed by atoms with E-state index < -0.39 is 0 Å². The van der Waals surface area contributed by atoms with E-state index in [9.17, 15) is 5.11 Å². The second-order valence-corrected chi connectivity index (χ2v) is 11.4. The molecule has 5 rings (SSSR count). The number of methoxy groups -OCH3 is 1. The van der Waals surface area contributed by atoms with E-state index in [1.54, 1.807) is 7.11 Å². The Bertz CT molecular complexity index is 765. The van der Waals surface area contributed by atoms with Crippen LogP contribution < -0.4 is 21.7 Å². The summed E-state index contributed by atoms with van der Waals surface area (Å²) < 4.78 is 19.0. The molecule has 3 aliphatic carbocycles. The van der Waals surface area contributed by atoms with Crippen LogP contribution in [0.15, 0.2) is 16.6 Å². The minimum atomic E-state index is 0. The molecule has 1 N–H and O–H groups in total. The maximum Gasteiger partial charge on any atom is 0.161 e. The summed E-state index contributed by atoms with van der Waals surface area (Å²) in [5.74, 6) is 3.42. The summed E-state index contributed by atoms with van der Waals surface area (Å²) in [6.07, 6.45) is 5.47. The van der Waals surface area contributed by atoms with Crippen LogP contribution in [0.25, 0.3) is 0 Å². The normalized spacial score (nSPS) is 27.8. The van der Waals surface area contributed by atoms with E-state index in [4.69, 9.17) is 14.2 Å². The molecule has 1 aromatic carbocycles. The SMILES string of the molecule is COc1cc(Br)c(C[N+]2(CCOCCC3CCC4CC3C4(C)C)CCOCC2)cc1O.[Br-]. The molecule has 0 aromatic heterocycles. The van der Waals surface area contributed by atoms with E-state index in [2.05, 4.69) is 29.8 Å². The first-order valence-electron chi connectivity index (χ1n) is 11.9. The third kappa shape index (κ3) is 5.48. The van der Waals surface area contributed by atoms with Gasteiger partial charge >= 0.3 is 0 Å². The van der Waals surface area contributed by atoms with Crippen molar-refractivity contribution < 1.29 is 40.8 Å². The lowest BCUT2D eigenvalue weighted by Crippen LogP contribution is -3.00. The number of hydrogen-bond acceptors (Lipinski definition) is 4. The van der Waals surface area contributed by atoms with Crippen LogP contribution in [0.2, 0.25) is 0 Å². The van der Waals surface area contributed by atoms with E-state index >= 15 is 0 Å². The third-order valence-corrected chi connectivity index (χ3v) is 9.36. The maximum atomic E-state index is 10.3. The highest BCUT2D eigenvalue weighted by atomic mass is 79.9. The molecule has 0 spiro atoms. The first-order chi connectivity index (χ1) is 14.8. The van der Waals surface area contributed by atoms with Crippen LogP contribution in [0.5, 0.6) is 11.5 Å². The van der Waals surface area contributed by atoms with Crippen molar-refractivity contribution in [2.45, 2.75) is 46.1 Å². The van der Waals surface area contributed by atoms with Crippen molar-refractivity contribution in [3.05, 3.63) is 22.2 Å². The third-order valence-electron chi connectivity index (χ3n) is 8.62. The van der Waals surface area contributed by atoms with Crippen molar-refractivity contribution in [1.82, 2.24) is 0 Å². The minimum absolute atomic E-state index is 0. The van der Waals surface area contributed by atoms with Gasteiger partial charge in [0.25, 0.3) is 0 Å². The van der Waals surface area contributed by atoms with Crippen molar-refractivity contribution in [2.24, 2.45) is 23.2 Å². The van der Waals surface area contributed by atoms with Gasteiger partial charge in [0.1, 0.15) is 26.2 Å². The van der Waals surface area contributed by atoms with Crippen LogP contribution in [0.4, 0.5) is 0 Å². The molecule has 7 heteroatoms. The number of nitrogens with zero attached hydrogens (tertiary/aromatic N) is 1. The molecular weight excluding hydrogens is 538 g/mol. The number of rotatable bonds is 9. The molecule has 3 saturated carbocycles. The predicted octanol–water partition coefficient (Wildman–Crippen LogP) is 1.99. The smallest absolute Gasteiger partial charge is 0.161 e. The Labute approximate surface area is 212 Å². The number of phenolic OH excluding ortho intramolecular Hbond substituents is 1. The highest BCUT2D eigenvalue weighted by Gasteiger charge is 2.53. The maximum absolute atomic E-state index is 10.3. The average molecular weight is 577 g/mol. The molecule has 0 radical (unpaired) electrons. The fraction of sp³-hybridized carbons (Fsp3) is 0.760. The monoisotopic (exact) mass is 575 g/mol. The molecule has 0 amide bonds. The molecule has 1 aromatic rings. The topological polar surface area (TPSA) is 47.9 Å². The quantitative estimate of drug-likeness (QED) is 0.361. The zero-order valence-electron chi connectivity index (χ0n) is 19.7. The number of phenols is 1. The number of halogens is 2. The van der Waals surface area contributed by atoms with Gasteiger partial charge in [0, 0.05) is 16.6 Å². The highest BCUT2D eigenvalue weighted by molar-refractivity contribution is 9.10. The molecule has 1 aliphatic heterocycles. The van der Waals surface area contributed by atoms with Gasteiger partial charge in [-0.25, -0.2) is 0 Å². The first kappa shape index (κ1) is 26.3. The molecule has 1 heterocycles. The lowest BCUT2D eigenvalue weighted by Gasteiger charge is -2.60. The van der Waals surface area contributed by atoms with E-state index in [1.165, 1.54) is 25.7 Å². The average Bonchev–Trinajstić information content (AvgIpc) is 2.76. The summed E-state index contributed by atoms with van der Waals surface area (Å²) >= 11 is 3.67. The van der Waals surface area contributed by atoms with Crippen LogP contribution in [-0.4, -0.2) is 62.8 Å². The summed E-state index contributed by atoms with van der Waals surface area (Å²) in [6.45, 7) is 11.9. The molecular formula is C25H39Br2NO4. The van der Waals surface area contributed by atoms with Crippen LogP contribution >= 0.6 is 15.9 Å². The number of morpholine rings is 1. The zero-order chi connectivity index (χ0) is 22.1. The summed E-state index contributed by atoms with van der Waals surface area (Å²) in [5, 5.41) is 10.3. The number of hydrogen-bond donors (Lipinski definition) is 1. The lowest BCUT2D eigenvalue weighted by atomic mass is 9.45. The molecule has 1 saturated heterocycles. The lowest BCUT2D eigenvalue weighted by molar-refractivity contribution is -0.947. The van der Waals surface area contributed by atoms with Crippen molar-refractivity contribution in [3.8, 4) is 11.5 Å². The van der Waals surface area contributed by atoms with Gasteiger partial charge in [-0.05, 0) is 61.0 Å². The molecule has 32 heavy (non-hydrogen) atoms. The van der Waals surface area contributed by atoms with Crippen LogP contribution in [-0.2, 0) is 16.0 Å². The molecule has 4 aliphatic rings. The minimum Gasteiger partial charge on any atom is -1.00 e. The van der Waals surface area contributed by atoms with Gasteiger partial charge in [-0.2, -0.15) is 0 Å². The van der Waals surface area contributed by atoms with Gasteiger partial charge in [0.05, 0.1) is 26.9 Å². The van der Waals surface area contributed by atoms with Crippen molar-refractivity contribution in [3.63, 3.8) is 0 Å². The van der Waals surface area contributed by atoms with Crippen molar-refractivity contribution >= 4 is 15.9 Å². The summed E-state index contributed by atoms with van der Waals surface area (Å²) in [4.78, 5) is 0. The molecule has 182 valence electrons. The molecule has 5 nitrogen and oxygen atoms in total. The number of ether oxygens (including phenoxy) is 3. The Balaban J connectivity index is 0.00000289. The molecule has 4 fully saturated rings. The first-order valence-corrected chi connectivity index (χ1v) is 12.7.